The number of aromatic nitrogens is 4. The van der Waals surface area contributed by atoms with E-state index in [0.29, 0.717) is 84.0 Å². The lowest BCUT2D eigenvalue weighted by Gasteiger charge is -2.24. The number of rotatable bonds is 26. The van der Waals surface area contributed by atoms with Crippen LogP contribution >= 0.6 is 23.2 Å². The van der Waals surface area contributed by atoms with Crippen molar-refractivity contribution in [1.82, 2.24) is 27.4 Å². The van der Waals surface area contributed by atoms with Crippen LogP contribution in [-0.4, -0.2) is 65.5 Å². The number of hydrogen-bond donors (Lipinski definition) is 0. The second-order valence-electron chi connectivity index (χ2n) is 23.6. The van der Waals surface area contributed by atoms with E-state index in [1.165, 1.54) is 14.7 Å². The number of methoxy groups -OCH3 is 3. The zero-order valence-corrected chi connectivity index (χ0v) is 57.0. The fourth-order valence-electron chi connectivity index (χ4n) is 11.5. The number of fused-ring (bicyclic) bond motifs is 2. The lowest BCUT2D eigenvalue weighted by molar-refractivity contribution is 0.296. The Kier molecular flexibility index (Phi) is 19.9. The fraction of sp³-hybridized carbons (Fsp3) is 0.184. The summed E-state index contributed by atoms with van der Waals surface area (Å²) < 4.78 is 102. The monoisotopic (exact) mass is 1360 g/mol. The normalized spacial score (nSPS) is 11.9. The number of sulfonamides is 2. The molecule has 0 saturated carbocycles. The van der Waals surface area contributed by atoms with E-state index < -0.39 is 20.0 Å². The standard InChI is InChI=1S/C76H70Cl2N6O10S2/c1-50(2)71-73(83-39-11-19-68(77)75(83)79-71)56-13-8-15-63(42-56)93-62-34-36-66(37-35-62)95(85,86)82(47-53-23-30-60(90-6)31-24-53)48-55-27-38-70(91-7)58(41-55)49-92-61-32-25-54(26-33-61)46-81(45-52-21-28-59(89-5)29-22-52)96(87,88)67-18-10-17-65(44-67)94-64-16-9-14-57(43-64)74-72(51(3)4)80-76-69(78)20-12-40-84(74)76/h8-44,50-51H,45-49H2,1-7H3. The molecular weight excluding hydrogens is 1290 g/mol. The van der Waals surface area contributed by atoms with E-state index in [1.54, 1.807) is 106 Å². The molecule has 0 aliphatic rings. The molecule has 0 amide bonds. The van der Waals surface area contributed by atoms with Gasteiger partial charge in [-0.2, -0.15) is 8.61 Å². The van der Waals surface area contributed by atoms with Crippen LogP contribution in [0.5, 0.6) is 46.0 Å². The maximum atomic E-state index is 15.0. The van der Waals surface area contributed by atoms with Gasteiger partial charge in [-0.1, -0.05) is 124 Å². The number of benzene rings is 8. The second kappa shape index (κ2) is 28.7. The van der Waals surface area contributed by atoms with Crippen LogP contribution in [0.15, 0.2) is 235 Å². The minimum atomic E-state index is -4.17. The fourth-order valence-corrected chi connectivity index (χ4v) is 14.7. The summed E-state index contributed by atoms with van der Waals surface area (Å²) in [6.45, 7) is 8.52. The van der Waals surface area contributed by atoms with Crippen LogP contribution in [0.4, 0.5) is 0 Å². The highest BCUT2D eigenvalue weighted by atomic mass is 35.5. The Morgan fingerprint density at radius 2 is 0.833 bits per heavy atom. The van der Waals surface area contributed by atoms with Crippen molar-refractivity contribution in [3.05, 3.63) is 274 Å². The first kappa shape index (κ1) is 66.4. The van der Waals surface area contributed by atoms with Crippen molar-refractivity contribution in [3.8, 4) is 68.5 Å². The van der Waals surface area contributed by atoms with Gasteiger partial charge in [-0.25, -0.2) is 26.8 Å². The van der Waals surface area contributed by atoms with Crippen LogP contribution in [0.25, 0.3) is 33.8 Å². The zero-order valence-electron chi connectivity index (χ0n) is 53.9. The molecule has 0 fully saturated rings. The van der Waals surface area contributed by atoms with E-state index in [2.05, 4.69) is 27.7 Å². The van der Waals surface area contributed by atoms with Gasteiger partial charge in [-0.15, -0.1) is 0 Å². The predicted molar refractivity (Wildman–Crippen MR) is 375 cm³/mol. The first-order valence-corrected chi connectivity index (χ1v) is 34.7. The predicted octanol–water partition coefficient (Wildman–Crippen LogP) is 17.8. The molecule has 0 radical (unpaired) electrons. The molecule has 12 aromatic rings. The van der Waals surface area contributed by atoms with Gasteiger partial charge in [0.2, 0.25) is 20.0 Å². The molecule has 0 saturated heterocycles. The van der Waals surface area contributed by atoms with Gasteiger partial charge >= 0.3 is 0 Å². The Balaban J connectivity index is 0.752. The molecule has 16 nitrogen and oxygen atoms in total. The number of nitrogens with zero attached hydrogens (tertiary/aromatic N) is 6. The lowest BCUT2D eigenvalue weighted by Crippen LogP contribution is -2.30. The summed E-state index contributed by atoms with van der Waals surface area (Å²) in [4.78, 5) is 9.90. The smallest absolute Gasteiger partial charge is 0.243 e. The lowest BCUT2D eigenvalue weighted by atomic mass is 10.0. The Bertz CT molecular complexity index is 4990. The maximum Gasteiger partial charge on any atom is 0.243 e. The molecule has 0 bridgehead atoms. The van der Waals surface area contributed by atoms with Crippen molar-refractivity contribution in [2.75, 3.05) is 21.3 Å². The molecular formula is C76H70Cl2N6O10S2. The van der Waals surface area contributed by atoms with Gasteiger partial charge in [-0.05, 0) is 168 Å². The number of halogens is 2. The van der Waals surface area contributed by atoms with E-state index >= 15 is 0 Å². The van der Waals surface area contributed by atoms with E-state index in [1.807, 2.05) is 143 Å². The zero-order chi connectivity index (χ0) is 67.3. The first-order valence-electron chi connectivity index (χ1n) is 31.1. The third-order valence-corrected chi connectivity index (χ3v) is 20.5. The Morgan fingerprint density at radius 1 is 0.417 bits per heavy atom. The molecule has 12 rings (SSSR count). The number of pyridine rings is 2. The first-order chi connectivity index (χ1) is 46.3. The molecule has 96 heavy (non-hydrogen) atoms. The highest BCUT2D eigenvalue weighted by Crippen LogP contribution is 2.39. The molecule has 490 valence electrons. The van der Waals surface area contributed by atoms with Crippen molar-refractivity contribution in [3.63, 3.8) is 0 Å². The highest BCUT2D eigenvalue weighted by molar-refractivity contribution is 7.89. The summed E-state index contributed by atoms with van der Waals surface area (Å²) in [6.07, 6.45) is 3.87. The summed E-state index contributed by atoms with van der Waals surface area (Å²) in [5.41, 5.74) is 10.2. The van der Waals surface area contributed by atoms with Crippen LogP contribution in [0.3, 0.4) is 0 Å². The summed E-state index contributed by atoms with van der Waals surface area (Å²) in [6, 6.07) is 62.9. The highest BCUT2D eigenvalue weighted by Gasteiger charge is 2.29. The molecule has 0 aliphatic carbocycles. The summed E-state index contributed by atoms with van der Waals surface area (Å²) in [7, 11) is -3.59. The molecule has 0 N–H and O–H groups in total. The molecule has 0 aliphatic heterocycles. The minimum absolute atomic E-state index is 0.000441. The third-order valence-electron chi connectivity index (χ3n) is 16.4. The van der Waals surface area contributed by atoms with Crippen molar-refractivity contribution < 1.29 is 45.3 Å². The molecule has 20 heteroatoms. The molecule has 4 heterocycles. The van der Waals surface area contributed by atoms with Crippen molar-refractivity contribution in [2.45, 2.75) is 82.1 Å². The van der Waals surface area contributed by atoms with Crippen LogP contribution in [0.1, 0.15) is 78.7 Å². The Labute approximate surface area is 569 Å². The van der Waals surface area contributed by atoms with Crippen LogP contribution in [-0.2, 0) is 52.8 Å². The average molecular weight is 1360 g/mol. The number of imidazole rings is 2. The van der Waals surface area contributed by atoms with Gasteiger partial charge < -0.3 is 28.4 Å². The van der Waals surface area contributed by atoms with Crippen LogP contribution in [0.2, 0.25) is 10.0 Å². The third kappa shape index (κ3) is 14.6. The molecule has 0 spiro atoms. The molecule has 0 atom stereocenters. The SMILES string of the molecule is COc1ccc(CN(Cc2ccc(OC)c(COc3ccc(CN(Cc4ccc(OC)cc4)S(=O)(=O)c4cccc(Oc5cccc(-c6c(C(C)C)nc7c(Cl)cccn67)c5)c4)cc3)c2)S(=O)(=O)c2ccc(Oc3cccc(-c4c(C(C)C)nc5c(Cl)cccn45)c3)cc2)cc1. The molecule has 8 aromatic carbocycles. The van der Waals surface area contributed by atoms with Crippen molar-refractivity contribution in [2.24, 2.45) is 0 Å². The van der Waals surface area contributed by atoms with Crippen LogP contribution < -0.4 is 28.4 Å². The van der Waals surface area contributed by atoms with Crippen molar-refractivity contribution >= 4 is 54.5 Å². The van der Waals surface area contributed by atoms with Gasteiger partial charge in [0, 0.05) is 61.3 Å². The van der Waals surface area contributed by atoms with E-state index in [4.69, 9.17) is 61.6 Å². The van der Waals surface area contributed by atoms with Crippen molar-refractivity contribution in [1.29, 1.82) is 0 Å². The maximum absolute atomic E-state index is 15.0. The second-order valence-corrected chi connectivity index (χ2v) is 28.3. The number of hydrogen-bond acceptors (Lipinski definition) is 12. The van der Waals surface area contributed by atoms with E-state index in [0.717, 1.165) is 45.0 Å². The number of ether oxygens (including phenoxy) is 6. The van der Waals surface area contributed by atoms with Gasteiger partial charge in [0.25, 0.3) is 0 Å². The largest absolute Gasteiger partial charge is 0.497 e. The minimum Gasteiger partial charge on any atom is -0.497 e. The van der Waals surface area contributed by atoms with E-state index in [9.17, 15) is 16.8 Å². The van der Waals surface area contributed by atoms with Gasteiger partial charge in [0.15, 0.2) is 11.3 Å². The van der Waals surface area contributed by atoms with Crippen LogP contribution in [0, 0.1) is 0 Å². The van der Waals surface area contributed by atoms with Gasteiger partial charge in [0.05, 0.1) is 63.9 Å². The average Bonchev–Trinajstić information content (AvgIpc) is 1.59. The van der Waals surface area contributed by atoms with Gasteiger partial charge in [0.1, 0.15) is 52.6 Å². The summed E-state index contributed by atoms with van der Waals surface area (Å²) in [5.74, 6) is 4.41. The molecule has 4 aromatic heterocycles. The molecule has 0 unspecified atom stereocenters. The quantitative estimate of drug-likeness (QED) is 0.0505. The van der Waals surface area contributed by atoms with E-state index in [-0.39, 0.29) is 54.4 Å². The Hall–Kier alpha value is -9.66. The van der Waals surface area contributed by atoms with Gasteiger partial charge in [-0.3, -0.25) is 8.80 Å². The summed E-state index contributed by atoms with van der Waals surface area (Å²) in [5, 5.41) is 1.10. The Morgan fingerprint density at radius 3 is 1.30 bits per heavy atom. The topological polar surface area (TPSA) is 165 Å². The summed E-state index contributed by atoms with van der Waals surface area (Å²) >= 11 is 13.2.